The Morgan fingerprint density at radius 3 is 2.50 bits per heavy atom. The summed E-state index contributed by atoms with van der Waals surface area (Å²) in [6, 6.07) is 17.3. The van der Waals surface area contributed by atoms with Crippen molar-refractivity contribution in [3.05, 3.63) is 59.6 Å². The average Bonchev–Trinajstić information content (AvgIpc) is 3.25. The zero-order valence-corrected chi connectivity index (χ0v) is 20.2. The molecule has 3 atom stereocenters. The fourth-order valence-corrected chi connectivity index (χ4v) is 5.10. The quantitative estimate of drug-likeness (QED) is 0.621. The molecule has 0 unspecified atom stereocenters. The number of ether oxygens (including phenoxy) is 2. The van der Waals surface area contributed by atoms with Gasteiger partial charge in [-0.2, -0.15) is 0 Å². The number of nitrogens with one attached hydrogen (secondary N) is 1. The third-order valence-electron chi connectivity index (χ3n) is 6.59. The molecule has 0 aromatic heterocycles. The SMILES string of the molecule is COCC(=O)N[C@@H]1C[C@H](COc2ccccc2)C[C@H]1C(=O)N1CCN(c2cccc(Cl)c2)CC1. The molecule has 2 aromatic carbocycles. The number of nitrogens with zero attached hydrogens (tertiary/aromatic N) is 2. The molecule has 0 bridgehead atoms. The minimum absolute atomic E-state index is 0.0130. The third kappa shape index (κ3) is 6.21. The van der Waals surface area contributed by atoms with Crippen LogP contribution in [0.4, 0.5) is 5.69 Å². The van der Waals surface area contributed by atoms with Gasteiger partial charge in [0, 0.05) is 50.0 Å². The van der Waals surface area contributed by atoms with Crippen molar-refractivity contribution in [3.8, 4) is 5.75 Å². The predicted octanol–water partition coefficient (Wildman–Crippen LogP) is 3.23. The van der Waals surface area contributed by atoms with Crippen molar-refractivity contribution in [2.24, 2.45) is 11.8 Å². The number of para-hydroxylation sites is 1. The van der Waals surface area contributed by atoms with E-state index in [1.807, 2.05) is 59.5 Å². The van der Waals surface area contributed by atoms with Crippen LogP contribution < -0.4 is 15.0 Å². The lowest BCUT2D eigenvalue weighted by molar-refractivity contribution is -0.137. The second-order valence-corrected chi connectivity index (χ2v) is 9.40. The maximum absolute atomic E-state index is 13.5. The third-order valence-corrected chi connectivity index (χ3v) is 6.83. The summed E-state index contributed by atoms with van der Waals surface area (Å²) in [5.74, 6) is 0.656. The van der Waals surface area contributed by atoms with Crippen LogP contribution in [0.5, 0.6) is 5.75 Å². The van der Waals surface area contributed by atoms with Crippen LogP contribution in [0.1, 0.15) is 12.8 Å². The van der Waals surface area contributed by atoms with Crippen molar-refractivity contribution < 1.29 is 19.1 Å². The van der Waals surface area contributed by atoms with Crippen molar-refractivity contribution in [1.82, 2.24) is 10.2 Å². The number of hydrogen-bond donors (Lipinski definition) is 1. The molecule has 34 heavy (non-hydrogen) atoms. The molecule has 182 valence electrons. The average molecular weight is 486 g/mol. The van der Waals surface area contributed by atoms with Crippen molar-refractivity contribution in [2.75, 3.05) is 51.4 Å². The molecule has 2 fully saturated rings. The fraction of sp³-hybridized carbons (Fsp3) is 0.462. The van der Waals surface area contributed by atoms with Crippen LogP contribution in [0.15, 0.2) is 54.6 Å². The first-order valence-corrected chi connectivity index (χ1v) is 12.2. The minimum atomic E-state index is -0.261. The summed E-state index contributed by atoms with van der Waals surface area (Å²) in [5.41, 5.74) is 1.07. The molecule has 2 aromatic rings. The van der Waals surface area contributed by atoms with Gasteiger partial charge in [-0.3, -0.25) is 9.59 Å². The number of halogens is 1. The topological polar surface area (TPSA) is 71.1 Å². The van der Waals surface area contributed by atoms with E-state index < -0.39 is 0 Å². The minimum Gasteiger partial charge on any atom is -0.493 e. The molecule has 0 radical (unpaired) electrons. The Morgan fingerprint density at radius 1 is 1.03 bits per heavy atom. The summed E-state index contributed by atoms with van der Waals surface area (Å²) in [6.45, 7) is 3.30. The molecule has 1 saturated heterocycles. The number of methoxy groups -OCH3 is 1. The molecule has 2 aliphatic rings. The molecule has 1 saturated carbocycles. The van der Waals surface area contributed by atoms with E-state index in [0.29, 0.717) is 37.6 Å². The molecule has 1 N–H and O–H groups in total. The summed E-state index contributed by atoms with van der Waals surface area (Å²) in [5, 5.41) is 3.74. The van der Waals surface area contributed by atoms with Crippen LogP contribution >= 0.6 is 11.6 Å². The van der Waals surface area contributed by atoms with Gasteiger partial charge in [0.25, 0.3) is 0 Å². The molecular formula is C26H32ClN3O4. The van der Waals surface area contributed by atoms with E-state index in [0.717, 1.165) is 24.5 Å². The van der Waals surface area contributed by atoms with Gasteiger partial charge in [-0.1, -0.05) is 35.9 Å². The number of rotatable bonds is 8. The molecule has 0 spiro atoms. The van der Waals surface area contributed by atoms with Crippen LogP contribution in [0.25, 0.3) is 0 Å². The summed E-state index contributed by atoms with van der Waals surface area (Å²) >= 11 is 6.14. The first-order valence-electron chi connectivity index (χ1n) is 11.8. The van der Waals surface area contributed by atoms with Gasteiger partial charge in [0.05, 0.1) is 12.5 Å². The van der Waals surface area contributed by atoms with Gasteiger partial charge in [0.2, 0.25) is 11.8 Å². The summed E-state index contributed by atoms with van der Waals surface area (Å²) in [4.78, 5) is 30.0. The van der Waals surface area contributed by atoms with Gasteiger partial charge in [-0.25, -0.2) is 0 Å². The Kier molecular flexibility index (Phi) is 8.29. The number of carbonyl (C=O) groups is 2. The highest BCUT2D eigenvalue weighted by Gasteiger charge is 2.42. The van der Waals surface area contributed by atoms with Gasteiger partial charge in [-0.15, -0.1) is 0 Å². The van der Waals surface area contributed by atoms with Crippen molar-refractivity contribution in [1.29, 1.82) is 0 Å². The van der Waals surface area contributed by atoms with Gasteiger partial charge >= 0.3 is 0 Å². The Bertz CT molecular complexity index is 966. The molecule has 7 nitrogen and oxygen atoms in total. The van der Waals surface area contributed by atoms with E-state index in [-0.39, 0.29) is 36.3 Å². The van der Waals surface area contributed by atoms with Crippen molar-refractivity contribution >= 4 is 29.1 Å². The van der Waals surface area contributed by atoms with E-state index >= 15 is 0 Å². The number of amides is 2. The van der Waals surface area contributed by atoms with E-state index in [2.05, 4.69) is 10.2 Å². The zero-order chi connectivity index (χ0) is 23.9. The predicted molar refractivity (Wildman–Crippen MR) is 132 cm³/mol. The van der Waals surface area contributed by atoms with Crippen molar-refractivity contribution in [3.63, 3.8) is 0 Å². The molecule has 4 rings (SSSR count). The lowest BCUT2D eigenvalue weighted by Gasteiger charge is -2.38. The number of carbonyl (C=O) groups excluding carboxylic acids is 2. The van der Waals surface area contributed by atoms with Gasteiger partial charge in [0.15, 0.2) is 0 Å². The molecule has 1 aliphatic heterocycles. The number of hydrogen-bond acceptors (Lipinski definition) is 5. The maximum Gasteiger partial charge on any atom is 0.246 e. The Morgan fingerprint density at radius 2 is 1.79 bits per heavy atom. The van der Waals surface area contributed by atoms with E-state index in [1.54, 1.807) is 0 Å². The maximum atomic E-state index is 13.5. The van der Waals surface area contributed by atoms with E-state index in [9.17, 15) is 9.59 Å². The number of benzene rings is 2. The highest BCUT2D eigenvalue weighted by Crippen LogP contribution is 2.34. The van der Waals surface area contributed by atoms with Crippen LogP contribution in [-0.2, 0) is 14.3 Å². The van der Waals surface area contributed by atoms with Crippen molar-refractivity contribution in [2.45, 2.75) is 18.9 Å². The molecule has 8 heteroatoms. The zero-order valence-electron chi connectivity index (χ0n) is 19.5. The van der Waals surface area contributed by atoms with Crippen LogP contribution in [0, 0.1) is 11.8 Å². The molecule has 1 heterocycles. The second-order valence-electron chi connectivity index (χ2n) is 8.97. The monoisotopic (exact) mass is 485 g/mol. The van der Waals surface area contributed by atoms with Gasteiger partial charge in [-0.05, 0) is 49.1 Å². The summed E-state index contributed by atoms with van der Waals surface area (Å²) in [7, 11) is 1.49. The highest BCUT2D eigenvalue weighted by molar-refractivity contribution is 6.30. The second kappa shape index (κ2) is 11.6. The number of piperazine rings is 1. The lowest BCUT2D eigenvalue weighted by Crippen LogP contribution is -2.53. The molecular weight excluding hydrogens is 454 g/mol. The van der Waals surface area contributed by atoms with E-state index in [4.69, 9.17) is 21.1 Å². The van der Waals surface area contributed by atoms with Gasteiger partial charge in [0.1, 0.15) is 12.4 Å². The Labute approximate surface area is 206 Å². The lowest BCUT2D eigenvalue weighted by atomic mass is 10.0. The van der Waals surface area contributed by atoms with Crippen LogP contribution in [0.3, 0.4) is 0 Å². The smallest absolute Gasteiger partial charge is 0.246 e. The Balaban J connectivity index is 1.37. The normalized spacial score (nSPS) is 22.5. The van der Waals surface area contributed by atoms with E-state index in [1.165, 1.54) is 7.11 Å². The van der Waals surface area contributed by atoms with Crippen LogP contribution in [0.2, 0.25) is 5.02 Å². The van der Waals surface area contributed by atoms with Gasteiger partial charge < -0.3 is 24.6 Å². The molecule has 1 aliphatic carbocycles. The fourth-order valence-electron chi connectivity index (χ4n) is 4.91. The standard InChI is InChI=1S/C26H32ClN3O4/c1-33-18-25(31)28-24-15-19(17-34-22-8-3-2-4-9-22)14-23(24)26(32)30-12-10-29(11-13-30)21-7-5-6-20(27)16-21/h2-9,16,19,23-24H,10-15,17-18H2,1H3,(H,28,31)/t19-,23-,24-/m1/s1. The highest BCUT2D eigenvalue weighted by atomic mass is 35.5. The Hall–Kier alpha value is -2.77. The largest absolute Gasteiger partial charge is 0.493 e. The number of anilines is 1. The summed E-state index contributed by atoms with van der Waals surface area (Å²) in [6.07, 6.45) is 1.40. The summed E-state index contributed by atoms with van der Waals surface area (Å²) < 4.78 is 10.9. The first kappa shape index (κ1) is 24.4. The van der Waals surface area contributed by atoms with Crippen LogP contribution in [-0.4, -0.2) is 69.3 Å². The first-order chi connectivity index (χ1) is 16.5. The molecule has 2 amide bonds.